The molecule has 0 aliphatic carbocycles. The van der Waals surface area contributed by atoms with Gasteiger partial charge in [-0.3, -0.25) is 4.79 Å². The Morgan fingerprint density at radius 2 is 1.89 bits per heavy atom. The molecule has 0 saturated carbocycles. The average Bonchev–Trinajstić information content (AvgIpc) is 2.38. The molecule has 0 aliphatic heterocycles. The summed E-state index contributed by atoms with van der Waals surface area (Å²) in [7, 11) is 5.53. The molecule has 4 nitrogen and oxygen atoms in total. The van der Waals surface area contributed by atoms with Crippen molar-refractivity contribution in [2.45, 2.75) is 12.8 Å². The Bertz CT molecular complexity index is 460. The Morgan fingerprint density at radius 3 is 2.47 bits per heavy atom. The van der Waals surface area contributed by atoms with Crippen LogP contribution in [0.15, 0.2) is 24.3 Å². The fourth-order valence-electron chi connectivity index (χ4n) is 1.83. The Balaban J connectivity index is 2.61. The summed E-state index contributed by atoms with van der Waals surface area (Å²) in [6.07, 6.45) is 1.35. The predicted octanol–water partition coefficient (Wildman–Crippen LogP) is 1.63. The molecule has 19 heavy (non-hydrogen) atoms. The van der Waals surface area contributed by atoms with Crippen molar-refractivity contribution in [3.63, 3.8) is 0 Å². The highest BCUT2D eigenvalue weighted by molar-refractivity contribution is 7.80. The van der Waals surface area contributed by atoms with E-state index >= 15 is 0 Å². The monoisotopic (exact) mass is 279 g/mol. The maximum absolute atomic E-state index is 11.5. The highest BCUT2D eigenvalue weighted by Gasteiger charge is 2.10. The fourth-order valence-corrected chi connectivity index (χ4v) is 2.00. The average molecular weight is 279 g/mol. The number of nitrogens with two attached hydrogens (primary N) is 1. The van der Waals surface area contributed by atoms with E-state index in [1.807, 2.05) is 31.3 Å². The van der Waals surface area contributed by atoms with Crippen molar-refractivity contribution in [3.05, 3.63) is 29.8 Å². The van der Waals surface area contributed by atoms with E-state index in [9.17, 15) is 4.79 Å². The van der Waals surface area contributed by atoms with Gasteiger partial charge >= 0.3 is 0 Å². The molecule has 0 aliphatic rings. The molecule has 0 unspecified atom stereocenters. The quantitative estimate of drug-likeness (QED) is 0.804. The number of amides is 1. The summed E-state index contributed by atoms with van der Waals surface area (Å²) in [5.41, 5.74) is 7.59. The van der Waals surface area contributed by atoms with Crippen LogP contribution in [-0.2, 0) is 4.79 Å². The number of thiocarbonyl (C=S) groups is 1. The minimum absolute atomic E-state index is 0.149. The van der Waals surface area contributed by atoms with Crippen molar-refractivity contribution in [2.75, 3.05) is 32.6 Å². The number of hydrogen-bond acceptors (Lipinski definition) is 3. The molecule has 0 atom stereocenters. The zero-order valence-corrected chi connectivity index (χ0v) is 12.5. The van der Waals surface area contributed by atoms with Crippen LogP contribution in [0, 0.1) is 0 Å². The molecule has 0 fully saturated rings. The summed E-state index contributed by atoms with van der Waals surface area (Å²) in [5, 5.41) is 0. The molecule has 1 amide bonds. The molecule has 0 saturated heterocycles. The van der Waals surface area contributed by atoms with Crippen molar-refractivity contribution >= 4 is 28.8 Å². The van der Waals surface area contributed by atoms with E-state index in [2.05, 4.69) is 4.90 Å². The molecule has 0 radical (unpaired) electrons. The molecule has 0 bridgehead atoms. The van der Waals surface area contributed by atoms with Gasteiger partial charge in [0, 0.05) is 45.4 Å². The SMILES string of the molecule is CN(C)C(=O)CCCN(C)c1ccccc1C(N)=S. The first-order valence-electron chi connectivity index (χ1n) is 6.23. The number of hydrogen-bond donors (Lipinski definition) is 1. The molecular weight excluding hydrogens is 258 g/mol. The Kier molecular flexibility index (Phi) is 5.76. The van der Waals surface area contributed by atoms with Crippen LogP contribution in [0.3, 0.4) is 0 Å². The van der Waals surface area contributed by atoms with Crippen molar-refractivity contribution in [2.24, 2.45) is 5.73 Å². The second kappa shape index (κ2) is 7.09. The maximum Gasteiger partial charge on any atom is 0.222 e. The molecule has 104 valence electrons. The third kappa shape index (κ3) is 4.52. The fraction of sp³-hybridized carbons (Fsp3) is 0.429. The number of benzene rings is 1. The highest BCUT2D eigenvalue weighted by Crippen LogP contribution is 2.19. The molecule has 0 spiro atoms. The first kappa shape index (κ1) is 15.4. The lowest BCUT2D eigenvalue weighted by Gasteiger charge is -2.22. The van der Waals surface area contributed by atoms with E-state index in [0.717, 1.165) is 24.2 Å². The second-order valence-corrected chi connectivity index (χ2v) is 5.13. The Morgan fingerprint density at radius 1 is 1.26 bits per heavy atom. The zero-order valence-electron chi connectivity index (χ0n) is 11.7. The van der Waals surface area contributed by atoms with Gasteiger partial charge < -0.3 is 15.5 Å². The number of carbonyl (C=O) groups is 1. The van der Waals surface area contributed by atoms with Crippen LogP contribution >= 0.6 is 12.2 Å². The first-order valence-corrected chi connectivity index (χ1v) is 6.64. The molecule has 1 aromatic rings. The van der Waals surface area contributed by atoms with Crippen LogP contribution in [0.2, 0.25) is 0 Å². The lowest BCUT2D eigenvalue weighted by atomic mass is 10.1. The molecule has 5 heteroatoms. The van der Waals surface area contributed by atoms with Gasteiger partial charge in [-0.1, -0.05) is 24.4 Å². The first-order chi connectivity index (χ1) is 8.93. The largest absolute Gasteiger partial charge is 0.389 e. The standard InChI is InChI=1S/C14H21N3OS/c1-16(2)13(18)9-6-10-17(3)12-8-5-4-7-11(12)14(15)19/h4-5,7-8H,6,9-10H2,1-3H3,(H2,15,19). The molecule has 0 aromatic heterocycles. The Hall–Kier alpha value is -1.62. The van der Waals surface area contributed by atoms with Gasteiger partial charge in [-0.25, -0.2) is 0 Å². The lowest BCUT2D eigenvalue weighted by Crippen LogP contribution is -2.26. The van der Waals surface area contributed by atoms with Crippen LogP contribution in [0.5, 0.6) is 0 Å². The van der Waals surface area contributed by atoms with Crippen molar-refractivity contribution < 1.29 is 4.79 Å². The highest BCUT2D eigenvalue weighted by atomic mass is 32.1. The third-order valence-corrected chi connectivity index (χ3v) is 3.18. The van der Waals surface area contributed by atoms with Crippen LogP contribution in [0.4, 0.5) is 5.69 Å². The summed E-state index contributed by atoms with van der Waals surface area (Å²) in [5.74, 6) is 0.149. The van der Waals surface area contributed by atoms with E-state index in [4.69, 9.17) is 18.0 Å². The molecular formula is C14H21N3OS. The number of para-hydroxylation sites is 1. The van der Waals surface area contributed by atoms with Gasteiger partial charge in [0.2, 0.25) is 5.91 Å². The van der Waals surface area contributed by atoms with Crippen molar-refractivity contribution in [1.82, 2.24) is 4.90 Å². The van der Waals surface area contributed by atoms with E-state index in [-0.39, 0.29) is 5.91 Å². The van der Waals surface area contributed by atoms with E-state index in [1.54, 1.807) is 19.0 Å². The van der Waals surface area contributed by atoms with Crippen LogP contribution in [0.25, 0.3) is 0 Å². The summed E-state index contributed by atoms with van der Waals surface area (Å²) < 4.78 is 0. The number of nitrogens with zero attached hydrogens (tertiary/aromatic N) is 2. The van der Waals surface area contributed by atoms with Gasteiger partial charge in [0.15, 0.2) is 0 Å². The summed E-state index contributed by atoms with van der Waals surface area (Å²) >= 11 is 5.05. The molecule has 1 rings (SSSR count). The second-order valence-electron chi connectivity index (χ2n) is 4.69. The Labute approximate surface area is 120 Å². The van der Waals surface area contributed by atoms with Crippen molar-refractivity contribution in [3.8, 4) is 0 Å². The van der Waals surface area contributed by atoms with Gasteiger partial charge in [0.25, 0.3) is 0 Å². The maximum atomic E-state index is 11.5. The van der Waals surface area contributed by atoms with Gasteiger partial charge in [-0.2, -0.15) is 0 Å². The van der Waals surface area contributed by atoms with Crippen LogP contribution in [0.1, 0.15) is 18.4 Å². The van der Waals surface area contributed by atoms with Gasteiger partial charge in [0.1, 0.15) is 4.99 Å². The lowest BCUT2D eigenvalue weighted by molar-refractivity contribution is -0.128. The van der Waals surface area contributed by atoms with Crippen LogP contribution in [-0.4, -0.2) is 43.5 Å². The third-order valence-electron chi connectivity index (χ3n) is 2.96. The number of carbonyl (C=O) groups excluding carboxylic acids is 1. The van der Waals surface area contributed by atoms with E-state index in [0.29, 0.717) is 11.4 Å². The van der Waals surface area contributed by atoms with E-state index in [1.165, 1.54) is 0 Å². The van der Waals surface area contributed by atoms with Gasteiger partial charge in [-0.15, -0.1) is 0 Å². The topological polar surface area (TPSA) is 49.6 Å². The predicted molar refractivity (Wildman–Crippen MR) is 83.5 cm³/mol. The summed E-state index contributed by atoms with van der Waals surface area (Å²) in [6, 6.07) is 7.78. The number of rotatable bonds is 6. The minimum Gasteiger partial charge on any atom is -0.389 e. The molecule has 1 aromatic carbocycles. The van der Waals surface area contributed by atoms with E-state index < -0.39 is 0 Å². The summed E-state index contributed by atoms with van der Waals surface area (Å²) in [4.78, 5) is 15.6. The number of anilines is 1. The normalized spacial score (nSPS) is 10.1. The summed E-state index contributed by atoms with van der Waals surface area (Å²) in [6.45, 7) is 0.791. The minimum atomic E-state index is 0.149. The van der Waals surface area contributed by atoms with Gasteiger partial charge in [-0.05, 0) is 18.6 Å². The molecule has 0 heterocycles. The van der Waals surface area contributed by atoms with Crippen LogP contribution < -0.4 is 10.6 Å². The molecule has 2 N–H and O–H groups in total. The smallest absolute Gasteiger partial charge is 0.222 e. The zero-order chi connectivity index (χ0) is 14.4. The van der Waals surface area contributed by atoms with Gasteiger partial charge in [0.05, 0.1) is 0 Å². The van der Waals surface area contributed by atoms with Crippen molar-refractivity contribution in [1.29, 1.82) is 0 Å².